The van der Waals surface area contributed by atoms with Gasteiger partial charge in [-0.2, -0.15) is 0 Å². The van der Waals surface area contributed by atoms with Gasteiger partial charge < -0.3 is 9.84 Å². The Morgan fingerprint density at radius 2 is 1.94 bits per heavy atom. The molecule has 1 aromatic carbocycles. The number of hydrogen-bond donors (Lipinski definition) is 1. The van der Waals surface area contributed by atoms with E-state index >= 15 is 0 Å². The molecule has 0 radical (unpaired) electrons. The van der Waals surface area contributed by atoms with E-state index in [1.54, 1.807) is 6.92 Å². The summed E-state index contributed by atoms with van der Waals surface area (Å²) >= 11 is 3.16. The van der Waals surface area contributed by atoms with Gasteiger partial charge in [0.15, 0.2) is 5.78 Å². The second-order valence-corrected chi connectivity index (χ2v) is 4.04. The van der Waals surface area contributed by atoms with E-state index in [2.05, 4.69) is 15.9 Å². The molecule has 0 heterocycles. The summed E-state index contributed by atoms with van der Waals surface area (Å²) < 4.78 is 5.31. The molecule has 16 heavy (non-hydrogen) atoms. The van der Waals surface area contributed by atoms with Crippen LogP contribution in [0.25, 0.3) is 0 Å². The molecule has 0 fully saturated rings. The number of Topliss-reactive ketones (excluding diaryl/α,β-unsaturated/α-hetero) is 1. The molecule has 1 rings (SSSR count). The summed E-state index contributed by atoms with van der Waals surface area (Å²) in [6.45, 7) is 3.19. The molecule has 0 aliphatic rings. The second-order valence-electron chi connectivity index (χ2n) is 3.13. The van der Waals surface area contributed by atoms with Crippen molar-refractivity contribution >= 4 is 27.7 Å². The minimum atomic E-state index is -0.649. The van der Waals surface area contributed by atoms with Crippen molar-refractivity contribution < 1.29 is 19.4 Å². The molecular weight excluding hydrogens is 276 g/mol. The second kappa shape index (κ2) is 5.12. The predicted octanol–water partition coefficient (Wildman–Crippen LogP) is 2.53. The van der Waals surface area contributed by atoms with Gasteiger partial charge in [-0.05, 0) is 26.0 Å². The van der Waals surface area contributed by atoms with Gasteiger partial charge in [-0.15, -0.1) is 0 Å². The van der Waals surface area contributed by atoms with E-state index in [0.29, 0.717) is 4.47 Å². The third-order valence-corrected chi connectivity index (χ3v) is 2.41. The van der Waals surface area contributed by atoms with E-state index in [1.807, 2.05) is 0 Å². The molecule has 0 aliphatic heterocycles. The summed E-state index contributed by atoms with van der Waals surface area (Å²) in [6, 6.07) is 2.88. The lowest BCUT2D eigenvalue weighted by molar-refractivity contribution is 0.0523. The maximum Gasteiger partial charge on any atom is 0.341 e. The number of halogens is 1. The van der Waals surface area contributed by atoms with Crippen LogP contribution in [0.2, 0.25) is 0 Å². The summed E-state index contributed by atoms with van der Waals surface area (Å²) in [6.07, 6.45) is 0. The molecule has 0 unspecified atom stereocenters. The number of aromatic hydroxyl groups is 1. The van der Waals surface area contributed by atoms with Crippen LogP contribution in [-0.4, -0.2) is 23.5 Å². The average Bonchev–Trinajstić information content (AvgIpc) is 2.20. The van der Waals surface area contributed by atoms with Crippen LogP contribution in [0.4, 0.5) is 0 Å². The topological polar surface area (TPSA) is 63.6 Å². The van der Waals surface area contributed by atoms with Gasteiger partial charge in [-0.25, -0.2) is 4.79 Å². The lowest BCUT2D eigenvalue weighted by Gasteiger charge is -2.08. The first-order valence-electron chi connectivity index (χ1n) is 4.68. The number of carbonyl (C=O) groups is 2. The summed E-state index contributed by atoms with van der Waals surface area (Å²) in [5.74, 6) is -1.30. The Labute approximate surface area is 101 Å². The SMILES string of the molecule is CCOC(=O)c1cc(Br)cc(C(C)=O)c1O. The molecule has 0 bridgehead atoms. The molecular formula is C11H11BrO4. The number of benzene rings is 1. The quantitative estimate of drug-likeness (QED) is 0.685. The first kappa shape index (κ1) is 12.7. The van der Waals surface area contributed by atoms with Gasteiger partial charge in [-0.1, -0.05) is 15.9 Å². The average molecular weight is 287 g/mol. The molecule has 1 N–H and O–H groups in total. The summed E-state index contributed by atoms with van der Waals surface area (Å²) in [5, 5.41) is 9.74. The van der Waals surface area contributed by atoms with Crippen molar-refractivity contribution in [2.45, 2.75) is 13.8 Å². The van der Waals surface area contributed by atoms with Gasteiger partial charge in [-0.3, -0.25) is 4.79 Å². The van der Waals surface area contributed by atoms with Crippen molar-refractivity contribution in [3.05, 3.63) is 27.7 Å². The van der Waals surface area contributed by atoms with E-state index in [1.165, 1.54) is 19.1 Å². The summed E-state index contributed by atoms with van der Waals surface area (Å²) in [5.41, 5.74) is 0.0823. The van der Waals surface area contributed by atoms with Crippen LogP contribution in [0.3, 0.4) is 0 Å². The highest BCUT2D eigenvalue weighted by molar-refractivity contribution is 9.10. The number of carbonyl (C=O) groups excluding carboxylic acids is 2. The number of phenolic OH excluding ortho intramolecular Hbond substituents is 1. The first-order chi connectivity index (χ1) is 7.47. The lowest BCUT2D eigenvalue weighted by atomic mass is 10.1. The van der Waals surface area contributed by atoms with E-state index in [4.69, 9.17) is 4.74 Å². The number of esters is 1. The highest BCUT2D eigenvalue weighted by Crippen LogP contribution is 2.28. The van der Waals surface area contributed by atoms with Crippen LogP contribution in [-0.2, 0) is 4.74 Å². The maximum absolute atomic E-state index is 11.5. The van der Waals surface area contributed by atoms with Crippen molar-refractivity contribution in [2.75, 3.05) is 6.61 Å². The molecule has 5 heteroatoms. The van der Waals surface area contributed by atoms with Crippen molar-refractivity contribution in [3.8, 4) is 5.75 Å². The zero-order valence-corrected chi connectivity index (χ0v) is 10.5. The smallest absolute Gasteiger partial charge is 0.341 e. The van der Waals surface area contributed by atoms with Gasteiger partial charge >= 0.3 is 5.97 Å². The largest absolute Gasteiger partial charge is 0.506 e. The Hall–Kier alpha value is -1.36. The molecule has 0 atom stereocenters. The zero-order valence-electron chi connectivity index (χ0n) is 8.91. The number of ether oxygens (including phenoxy) is 1. The fourth-order valence-corrected chi connectivity index (χ4v) is 1.69. The van der Waals surface area contributed by atoms with Crippen LogP contribution in [0, 0.1) is 0 Å². The number of rotatable bonds is 3. The zero-order chi connectivity index (χ0) is 12.3. The predicted molar refractivity (Wildman–Crippen MR) is 61.8 cm³/mol. The van der Waals surface area contributed by atoms with Crippen molar-refractivity contribution in [2.24, 2.45) is 0 Å². The minimum absolute atomic E-state index is 0.0126. The van der Waals surface area contributed by atoms with Crippen molar-refractivity contribution in [1.82, 2.24) is 0 Å². The van der Waals surface area contributed by atoms with E-state index < -0.39 is 5.97 Å². The highest BCUT2D eigenvalue weighted by Gasteiger charge is 2.18. The Bertz CT molecular complexity index is 440. The van der Waals surface area contributed by atoms with Gasteiger partial charge in [0.1, 0.15) is 11.3 Å². The molecule has 4 nitrogen and oxygen atoms in total. The van der Waals surface area contributed by atoms with Gasteiger partial charge in [0.05, 0.1) is 12.2 Å². The molecule has 0 amide bonds. The van der Waals surface area contributed by atoms with Gasteiger partial charge in [0, 0.05) is 4.47 Å². The standard InChI is InChI=1S/C11H11BrO4/c1-3-16-11(15)9-5-7(12)4-8(6(2)13)10(9)14/h4-5,14H,3H2,1-2H3. The summed E-state index contributed by atoms with van der Waals surface area (Å²) in [7, 11) is 0. The first-order valence-corrected chi connectivity index (χ1v) is 5.47. The molecule has 0 aliphatic carbocycles. The van der Waals surface area contributed by atoms with Gasteiger partial charge in [0.25, 0.3) is 0 Å². The molecule has 0 saturated heterocycles. The van der Waals surface area contributed by atoms with Crippen LogP contribution >= 0.6 is 15.9 Å². The molecule has 0 spiro atoms. The van der Waals surface area contributed by atoms with Crippen LogP contribution in [0.15, 0.2) is 16.6 Å². The normalized spacial score (nSPS) is 9.94. The van der Waals surface area contributed by atoms with E-state index in [9.17, 15) is 14.7 Å². The fourth-order valence-electron chi connectivity index (χ4n) is 1.23. The third-order valence-electron chi connectivity index (χ3n) is 1.95. The minimum Gasteiger partial charge on any atom is -0.506 e. The monoisotopic (exact) mass is 286 g/mol. The molecule has 86 valence electrons. The van der Waals surface area contributed by atoms with Crippen molar-refractivity contribution in [1.29, 1.82) is 0 Å². The van der Waals surface area contributed by atoms with Crippen LogP contribution < -0.4 is 0 Å². The Morgan fingerprint density at radius 3 is 2.44 bits per heavy atom. The van der Waals surface area contributed by atoms with Crippen LogP contribution in [0.5, 0.6) is 5.75 Å². The Balaban J connectivity index is 3.29. The molecule has 0 saturated carbocycles. The Morgan fingerprint density at radius 1 is 1.38 bits per heavy atom. The number of ketones is 1. The summed E-state index contributed by atoms with van der Waals surface area (Å²) in [4.78, 5) is 22.7. The number of hydrogen-bond acceptors (Lipinski definition) is 4. The number of phenols is 1. The molecule has 0 aromatic heterocycles. The highest BCUT2D eigenvalue weighted by atomic mass is 79.9. The fraction of sp³-hybridized carbons (Fsp3) is 0.273. The van der Waals surface area contributed by atoms with Crippen molar-refractivity contribution in [3.63, 3.8) is 0 Å². The molecule has 1 aromatic rings. The third kappa shape index (κ3) is 2.61. The van der Waals surface area contributed by atoms with E-state index in [-0.39, 0.29) is 29.3 Å². The lowest BCUT2D eigenvalue weighted by Crippen LogP contribution is -2.07. The Kier molecular flexibility index (Phi) is 4.06. The van der Waals surface area contributed by atoms with E-state index in [0.717, 1.165) is 0 Å². The maximum atomic E-state index is 11.5. The van der Waals surface area contributed by atoms with Gasteiger partial charge in [0.2, 0.25) is 0 Å². The van der Waals surface area contributed by atoms with Crippen LogP contribution in [0.1, 0.15) is 34.6 Å².